The van der Waals surface area contributed by atoms with Crippen LogP contribution in [0.4, 0.5) is 32.2 Å². The van der Waals surface area contributed by atoms with E-state index in [2.05, 4.69) is 16.0 Å². The van der Waals surface area contributed by atoms with Crippen LogP contribution in [0.3, 0.4) is 0 Å². The van der Waals surface area contributed by atoms with E-state index in [-0.39, 0.29) is 5.82 Å². The van der Waals surface area contributed by atoms with Gasteiger partial charge in [-0.15, -0.1) is 0 Å². The maximum atomic E-state index is 10.6. The molecule has 0 saturated carbocycles. The number of nitrogen functional groups attached to an aromatic ring is 1. The fraction of sp³-hybridized carbons (Fsp3) is 0.190. The number of furan rings is 1. The van der Waals surface area contributed by atoms with Gasteiger partial charge in [-0.2, -0.15) is 31.6 Å². The Morgan fingerprint density at radius 3 is 2.11 bits per heavy atom. The number of rotatable bonds is 1. The molecule has 3 heterocycles. The number of alkyl halides is 6. The Morgan fingerprint density at radius 1 is 1.06 bits per heavy atom. The van der Waals surface area contributed by atoms with E-state index in [1.165, 1.54) is 0 Å². The Bertz CT molecular complexity index is 1270. The maximum Gasteiger partial charge on any atom is 0.490 e. The predicted molar refractivity (Wildman–Crippen MR) is 109 cm³/mol. The molecule has 0 atom stereocenters. The van der Waals surface area contributed by atoms with E-state index < -0.39 is 24.3 Å². The van der Waals surface area contributed by atoms with Crippen molar-refractivity contribution in [3.05, 3.63) is 53.5 Å². The lowest BCUT2D eigenvalue weighted by molar-refractivity contribution is -0.193. The summed E-state index contributed by atoms with van der Waals surface area (Å²) in [5.74, 6) is -4.63. The van der Waals surface area contributed by atoms with Crippen LogP contribution in [0.25, 0.3) is 22.6 Å². The molecule has 0 unspecified atom stereocenters. The smallest absolute Gasteiger partial charge is 0.475 e. The number of nitrogens with two attached hydrogens (primary N) is 1. The van der Waals surface area contributed by atoms with Gasteiger partial charge in [0.15, 0.2) is 0 Å². The second kappa shape index (κ2) is 10.8. The molecule has 4 rings (SSSR count). The van der Waals surface area contributed by atoms with Crippen molar-refractivity contribution in [2.75, 3.05) is 5.73 Å². The van der Waals surface area contributed by atoms with E-state index in [0.717, 1.165) is 40.8 Å². The third kappa shape index (κ3) is 6.50. The molecule has 0 amide bonds. The highest BCUT2D eigenvalue weighted by molar-refractivity contribution is 5.84. The van der Waals surface area contributed by atoms with Crippen molar-refractivity contribution in [1.29, 1.82) is 5.26 Å². The fourth-order valence-electron chi connectivity index (χ4n) is 3.03. The summed E-state index contributed by atoms with van der Waals surface area (Å²) in [6.45, 7) is 0. The summed E-state index contributed by atoms with van der Waals surface area (Å²) in [6.07, 6.45) is -3.32. The molecule has 9 nitrogen and oxygen atoms in total. The molecule has 1 aliphatic rings. The topological polar surface area (TPSA) is 163 Å². The van der Waals surface area contributed by atoms with Gasteiger partial charge >= 0.3 is 24.3 Å². The van der Waals surface area contributed by atoms with Gasteiger partial charge in [-0.25, -0.2) is 14.6 Å². The highest BCUT2D eigenvalue weighted by Crippen LogP contribution is 2.40. The number of carboxylic acid groups (broad SMARTS) is 2. The summed E-state index contributed by atoms with van der Waals surface area (Å²) in [4.78, 5) is 26.4. The molecule has 0 bridgehead atoms. The van der Waals surface area contributed by atoms with Crippen molar-refractivity contribution in [3.8, 4) is 28.7 Å². The molecular formula is C21H14F6N4O5. The Morgan fingerprint density at radius 2 is 1.64 bits per heavy atom. The molecular weight excluding hydrogens is 502 g/mol. The molecule has 36 heavy (non-hydrogen) atoms. The summed E-state index contributed by atoms with van der Waals surface area (Å²) >= 11 is 0. The number of hydrogen-bond donors (Lipinski definition) is 3. The summed E-state index contributed by atoms with van der Waals surface area (Å²) < 4.78 is 69.0. The van der Waals surface area contributed by atoms with Crippen LogP contribution in [0.1, 0.15) is 16.7 Å². The van der Waals surface area contributed by atoms with Gasteiger partial charge < -0.3 is 20.4 Å². The van der Waals surface area contributed by atoms with E-state index in [0.29, 0.717) is 11.3 Å². The second-order valence-corrected chi connectivity index (χ2v) is 6.80. The highest BCUT2D eigenvalue weighted by Gasteiger charge is 2.38. The zero-order valence-electron chi connectivity index (χ0n) is 17.7. The molecule has 0 radical (unpaired) electrons. The lowest BCUT2D eigenvalue weighted by Crippen LogP contribution is -2.21. The number of hydrogen-bond acceptors (Lipinski definition) is 7. The van der Waals surface area contributed by atoms with Crippen LogP contribution in [0.2, 0.25) is 0 Å². The number of nitriles is 1. The molecule has 190 valence electrons. The molecule has 1 aliphatic carbocycles. The number of nitrogens with zero attached hydrogens (tertiary/aromatic N) is 3. The van der Waals surface area contributed by atoms with Gasteiger partial charge in [0.2, 0.25) is 0 Å². The zero-order valence-corrected chi connectivity index (χ0v) is 17.7. The Kier molecular flexibility index (Phi) is 8.26. The van der Waals surface area contributed by atoms with Crippen molar-refractivity contribution in [2.24, 2.45) is 0 Å². The van der Waals surface area contributed by atoms with Gasteiger partial charge in [-0.3, -0.25) is 4.98 Å². The van der Waals surface area contributed by atoms with Crippen molar-refractivity contribution in [3.63, 3.8) is 0 Å². The number of pyridine rings is 2. The van der Waals surface area contributed by atoms with Gasteiger partial charge in [-0.1, -0.05) is 0 Å². The van der Waals surface area contributed by atoms with Gasteiger partial charge in [0.05, 0.1) is 12.0 Å². The van der Waals surface area contributed by atoms with E-state index in [1.807, 2.05) is 18.3 Å². The van der Waals surface area contributed by atoms with Crippen LogP contribution in [-0.2, 0) is 22.4 Å². The molecule has 0 saturated heterocycles. The summed E-state index contributed by atoms with van der Waals surface area (Å²) in [5.41, 5.74) is 11.2. The molecule has 15 heteroatoms. The average Bonchev–Trinajstić information content (AvgIpc) is 3.32. The number of carbonyl (C=O) groups is 2. The number of aryl methyl sites for hydroxylation is 1. The SMILES string of the molecule is N#Cc1c(N)nc2c(c1-c1ccco1)CCc1cnccc1-2.O=C(O)C(F)(F)F.O=C(O)C(F)(F)F. The Balaban J connectivity index is 0.000000271. The quantitative estimate of drug-likeness (QED) is 0.402. The minimum Gasteiger partial charge on any atom is -0.475 e. The molecule has 0 aromatic carbocycles. The van der Waals surface area contributed by atoms with Gasteiger partial charge in [0.1, 0.15) is 23.2 Å². The molecule has 3 aromatic rings. The molecule has 0 spiro atoms. The number of halogens is 6. The number of fused-ring (bicyclic) bond motifs is 3. The summed E-state index contributed by atoms with van der Waals surface area (Å²) in [5, 5.41) is 23.7. The fourth-order valence-corrected chi connectivity index (χ4v) is 3.03. The standard InChI is InChI=1S/C17H12N4O.2C2HF3O2/c18-8-13-15(14-2-1-7-22-14)12-4-3-10-9-20-6-5-11(10)16(12)21-17(13)19;2*3-2(4,5)1(6)7/h1-2,5-7,9H,3-4H2,(H2,19,21);2*(H,6,7). The van der Waals surface area contributed by atoms with Crippen LogP contribution >= 0.6 is 0 Å². The van der Waals surface area contributed by atoms with E-state index in [9.17, 15) is 31.6 Å². The molecule has 0 fully saturated rings. The molecule has 4 N–H and O–H groups in total. The summed E-state index contributed by atoms with van der Waals surface area (Å²) in [7, 11) is 0. The number of anilines is 1. The Labute approximate surface area is 197 Å². The number of aromatic nitrogens is 2. The zero-order chi connectivity index (χ0) is 27.3. The minimum absolute atomic E-state index is 0.234. The first-order valence-electron chi connectivity index (χ1n) is 9.48. The van der Waals surface area contributed by atoms with Crippen molar-refractivity contribution >= 4 is 17.8 Å². The third-order valence-corrected chi connectivity index (χ3v) is 4.49. The number of carboxylic acids is 2. The van der Waals surface area contributed by atoms with E-state index in [4.69, 9.17) is 30.0 Å². The average molecular weight is 516 g/mol. The van der Waals surface area contributed by atoms with Crippen molar-refractivity contribution in [2.45, 2.75) is 25.2 Å². The maximum absolute atomic E-state index is 10.6. The van der Waals surface area contributed by atoms with Crippen molar-refractivity contribution in [1.82, 2.24) is 9.97 Å². The monoisotopic (exact) mass is 516 g/mol. The van der Waals surface area contributed by atoms with E-state index >= 15 is 0 Å². The largest absolute Gasteiger partial charge is 0.490 e. The summed E-state index contributed by atoms with van der Waals surface area (Å²) in [6, 6.07) is 7.76. The van der Waals surface area contributed by atoms with Gasteiger partial charge in [0.25, 0.3) is 0 Å². The first kappa shape index (κ1) is 27.6. The second-order valence-electron chi connectivity index (χ2n) is 6.80. The first-order valence-corrected chi connectivity index (χ1v) is 9.48. The van der Waals surface area contributed by atoms with Crippen LogP contribution in [-0.4, -0.2) is 44.5 Å². The van der Waals surface area contributed by atoms with E-state index in [1.54, 1.807) is 18.5 Å². The normalized spacial score (nSPS) is 11.9. The molecule has 3 aromatic heterocycles. The minimum atomic E-state index is -5.08. The lowest BCUT2D eigenvalue weighted by atomic mass is 9.85. The predicted octanol–water partition coefficient (Wildman–Crippen LogP) is 4.22. The van der Waals surface area contributed by atoms with Crippen LogP contribution in [0.15, 0.2) is 41.3 Å². The molecule has 0 aliphatic heterocycles. The first-order chi connectivity index (χ1) is 16.7. The van der Waals surface area contributed by atoms with Crippen LogP contribution in [0.5, 0.6) is 0 Å². The van der Waals surface area contributed by atoms with Crippen LogP contribution < -0.4 is 5.73 Å². The highest BCUT2D eigenvalue weighted by atomic mass is 19.4. The Hall–Kier alpha value is -4.61. The number of aliphatic carboxylic acids is 2. The van der Waals surface area contributed by atoms with Crippen LogP contribution in [0, 0.1) is 11.3 Å². The van der Waals surface area contributed by atoms with Crippen molar-refractivity contribution < 1.29 is 50.6 Å². The van der Waals surface area contributed by atoms with Gasteiger partial charge in [-0.05, 0) is 42.2 Å². The van der Waals surface area contributed by atoms with Gasteiger partial charge in [0, 0.05) is 23.5 Å². The third-order valence-electron chi connectivity index (χ3n) is 4.49. The lowest BCUT2D eigenvalue weighted by Gasteiger charge is -2.22.